The fourth-order valence-corrected chi connectivity index (χ4v) is 5.59. The number of ether oxygens (including phenoxy) is 1. The standard InChI is InChI=1S/C29H27BF3N7O3/c1-28(14-43-15-28)27(42)39-10-2-3-18(13-39)25-38-22(23-24(34)36-12-20(30)40(23)25)16-4-6-17(7-5-16)26(41)37-21-11-19(8-9-35-21)29(31,32)33/h4-9,11-12,18H,2-3,10,13-15H2,1H3,(H2,34,36)(H,35,37,41)/t18-/m1/s1. The van der Waals surface area contributed by atoms with Gasteiger partial charge in [0.25, 0.3) is 5.91 Å². The molecule has 0 unspecified atom stereocenters. The molecule has 0 saturated carbocycles. The first kappa shape index (κ1) is 28.7. The van der Waals surface area contributed by atoms with Crippen LogP contribution in [0, 0.1) is 5.41 Å². The molecule has 2 fully saturated rings. The first-order valence-corrected chi connectivity index (χ1v) is 13.7. The van der Waals surface area contributed by atoms with E-state index in [4.69, 9.17) is 23.3 Å². The molecule has 0 bridgehead atoms. The lowest BCUT2D eigenvalue weighted by molar-refractivity contribution is -0.170. The number of nitrogens with two attached hydrogens (primary N) is 1. The van der Waals surface area contributed by atoms with Crippen molar-refractivity contribution in [2.75, 3.05) is 37.4 Å². The molecule has 1 aromatic carbocycles. The average Bonchev–Trinajstić information content (AvgIpc) is 3.39. The highest BCUT2D eigenvalue weighted by Gasteiger charge is 2.45. The summed E-state index contributed by atoms with van der Waals surface area (Å²) in [4.78, 5) is 40.9. The number of nitrogens with one attached hydrogen (secondary N) is 1. The highest BCUT2D eigenvalue weighted by molar-refractivity contribution is 6.31. The largest absolute Gasteiger partial charge is 0.416 e. The van der Waals surface area contributed by atoms with E-state index in [0.717, 1.165) is 31.2 Å². The molecule has 4 aromatic rings. The molecule has 5 heterocycles. The van der Waals surface area contributed by atoms with E-state index in [1.165, 1.54) is 18.3 Å². The number of piperidine rings is 1. The Morgan fingerprint density at radius 1 is 1.16 bits per heavy atom. The van der Waals surface area contributed by atoms with E-state index in [1.807, 2.05) is 11.8 Å². The van der Waals surface area contributed by atoms with Crippen molar-refractivity contribution in [2.45, 2.75) is 31.9 Å². The van der Waals surface area contributed by atoms with Crippen molar-refractivity contribution in [3.8, 4) is 11.3 Å². The van der Waals surface area contributed by atoms with Gasteiger partial charge in [-0.2, -0.15) is 13.2 Å². The molecule has 220 valence electrons. The van der Waals surface area contributed by atoms with Gasteiger partial charge in [-0.3, -0.25) is 9.59 Å². The number of fused-ring (bicyclic) bond motifs is 1. The van der Waals surface area contributed by atoms with Gasteiger partial charge in [-0.25, -0.2) is 15.0 Å². The van der Waals surface area contributed by atoms with E-state index in [9.17, 15) is 22.8 Å². The molecule has 43 heavy (non-hydrogen) atoms. The highest BCUT2D eigenvalue weighted by atomic mass is 19.4. The number of hydrogen-bond donors (Lipinski definition) is 2. The molecule has 2 aliphatic heterocycles. The Bertz CT molecular complexity index is 1720. The van der Waals surface area contributed by atoms with Gasteiger partial charge in [-0.1, -0.05) is 12.1 Å². The zero-order chi connectivity index (χ0) is 30.5. The Morgan fingerprint density at radius 3 is 2.58 bits per heavy atom. The van der Waals surface area contributed by atoms with Gasteiger partial charge in [0, 0.05) is 42.5 Å². The number of likely N-dealkylation sites (tertiary alicyclic amines) is 1. The minimum Gasteiger partial charge on any atom is -0.382 e. The predicted molar refractivity (Wildman–Crippen MR) is 153 cm³/mol. The summed E-state index contributed by atoms with van der Waals surface area (Å²) in [5.41, 5.74) is 7.05. The molecule has 3 N–H and O–H groups in total. The van der Waals surface area contributed by atoms with E-state index in [2.05, 4.69) is 15.3 Å². The number of alkyl halides is 3. The van der Waals surface area contributed by atoms with Crippen molar-refractivity contribution in [1.29, 1.82) is 0 Å². The zero-order valence-corrected chi connectivity index (χ0v) is 23.2. The molecule has 2 aliphatic rings. The molecular formula is C29H27BF3N7O3. The van der Waals surface area contributed by atoms with Crippen LogP contribution in [0.5, 0.6) is 0 Å². The van der Waals surface area contributed by atoms with E-state index in [1.54, 1.807) is 16.5 Å². The van der Waals surface area contributed by atoms with Crippen LogP contribution in [0.2, 0.25) is 0 Å². The topological polar surface area (TPSA) is 128 Å². The Labute approximate surface area is 245 Å². The number of benzene rings is 1. The van der Waals surface area contributed by atoms with Crippen LogP contribution in [0.4, 0.5) is 24.8 Å². The number of anilines is 2. The number of rotatable bonds is 5. The van der Waals surface area contributed by atoms with Crippen LogP contribution in [0.1, 0.15) is 47.4 Å². The number of pyridine rings is 1. The van der Waals surface area contributed by atoms with E-state index < -0.39 is 23.1 Å². The van der Waals surface area contributed by atoms with Gasteiger partial charge in [0.1, 0.15) is 36.5 Å². The molecule has 10 nitrogen and oxygen atoms in total. The van der Waals surface area contributed by atoms with Crippen molar-refractivity contribution in [2.24, 2.45) is 5.41 Å². The maximum Gasteiger partial charge on any atom is 0.416 e. The monoisotopic (exact) mass is 589 g/mol. The molecular weight excluding hydrogens is 562 g/mol. The van der Waals surface area contributed by atoms with E-state index in [-0.39, 0.29) is 29.0 Å². The first-order chi connectivity index (χ1) is 20.4. The summed E-state index contributed by atoms with van der Waals surface area (Å²) in [6, 6.07) is 7.98. The van der Waals surface area contributed by atoms with Crippen LogP contribution >= 0.6 is 0 Å². The number of amides is 2. The van der Waals surface area contributed by atoms with Gasteiger partial charge < -0.3 is 25.1 Å². The quantitative estimate of drug-likeness (QED) is 0.343. The van der Waals surface area contributed by atoms with Crippen molar-refractivity contribution in [1.82, 2.24) is 24.3 Å². The molecule has 14 heteroatoms. The van der Waals surface area contributed by atoms with Gasteiger partial charge in [-0.15, -0.1) is 0 Å². The Hall–Kier alpha value is -4.46. The fourth-order valence-electron chi connectivity index (χ4n) is 5.59. The second-order valence-corrected chi connectivity index (χ2v) is 11.2. The number of carbonyl (C=O) groups excluding carboxylic acids is 2. The van der Waals surface area contributed by atoms with Crippen molar-refractivity contribution in [3.05, 3.63) is 65.7 Å². The zero-order valence-electron chi connectivity index (χ0n) is 23.2. The molecule has 6 rings (SSSR count). The molecule has 0 aliphatic carbocycles. The number of nitrogen functional groups attached to an aromatic ring is 1. The van der Waals surface area contributed by atoms with Crippen molar-refractivity contribution in [3.63, 3.8) is 0 Å². The maximum atomic E-state index is 13.2. The van der Waals surface area contributed by atoms with Gasteiger partial charge in [-0.05, 0) is 49.6 Å². The lowest BCUT2D eigenvalue weighted by Crippen LogP contribution is -2.55. The van der Waals surface area contributed by atoms with Crippen LogP contribution in [-0.4, -0.2) is 70.2 Å². The third-order valence-corrected chi connectivity index (χ3v) is 7.92. The first-order valence-electron chi connectivity index (χ1n) is 13.7. The smallest absolute Gasteiger partial charge is 0.382 e. The molecule has 0 spiro atoms. The molecule has 1 atom stereocenters. The number of halogens is 3. The van der Waals surface area contributed by atoms with Gasteiger partial charge in [0.15, 0.2) is 0 Å². The van der Waals surface area contributed by atoms with E-state index >= 15 is 0 Å². The number of hydrogen-bond acceptors (Lipinski definition) is 7. The second-order valence-electron chi connectivity index (χ2n) is 11.2. The second kappa shape index (κ2) is 10.7. The van der Waals surface area contributed by atoms with Gasteiger partial charge in [0.05, 0.1) is 24.2 Å². The fraction of sp³-hybridized carbons (Fsp3) is 0.345. The van der Waals surface area contributed by atoms with Gasteiger partial charge >= 0.3 is 6.18 Å². The molecule has 2 amide bonds. The van der Waals surface area contributed by atoms with Crippen LogP contribution < -0.4 is 16.6 Å². The molecule has 2 saturated heterocycles. The van der Waals surface area contributed by atoms with Crippen molar-refractivity contribution >= 4 is 42.4 Å². The van der Waals surface area contributed by atoms with Crippen molar-refractivity contribution < 1.29 is 27.5 Å². The summed E-state index contributed by atoms with van der Waals surface area (Å²) in [5.74, 6) is -0.0335. The maximum absolute atomic E-state index is 13.2. The summed E-state index contributed by atoms with van der Waals surface area (Å²) < 4.78 is 46.2. The van der Waals surface area contributed by atoms with Gasteiger partial charge in [0.2, 0.25) is 5.91 Å². The normalized spacial score (nSPS) is 18.3. The minimum atomic E-state index is -4.56. The number of imidazole rings is 1. The molecule has 2 radical (unpaired) electrons. The summed E-state index contributed by atoms with van der Waals surface area (Å²) in [7, 11) is 6.37. The lowest BCUT2D eigenvalue weighted by atomic mass is 9.85. The average molecular weight is 589 g/mol. The summed E-state index contributed by atoms with van der Waals surface area (Å²) in [6.45, 7) is 3.85. The SMILES string of the molecule is [B]c1cnc(N)c2c(-c3ccc(C(=O)Nc4cc(C(F)(F)F)ccn4)cc3)nc([C@@H]3CCCN(C(=O)C4(C)COC4)C3)n12. The Kier molecular flexibility index (Phi) is 7.11. The minimum absolute atomic E-state index is 0.0629. The Morgan fingerprint density at radius 2 is 1.91 bits per heavy atom. The number of aromatic nitrogens is 4. The Balaban J connectivity index is 1.29. The number of carbonyl (C=O) groups is 2. The van der Waals surface area contributed by atoms with Crippen LogP contribution in [0.25, 0.3) is 16.8 Å². The summed E-state index contributed by atoms with van der Waals surface area (Å²) in [5, 5.41) is 2.40. The van der Waals surface area contributed by atoms with Crippen LogP contribution in [0.15, 0.2) is 48.8 Å². The number of nitrogens with zero attached hydrogens (tertiary/aromatic N) is 5. The summed E-state index contributed by atoms with van der Waals surface area (Å²) >= 11 is 0. The van der Waals surface area contributed by atoms with Crippen LogP contribution in [0.3, 0.4) is 0 Å². The lowest BCUT2D eigenvalue weighted by Gasteiger charge is -2.42. The predicted octanol–water partition coefficient (Wildman–Crippen LogP) is 3.18. The highest BCUT2D eigenvalue weighted by Crippen LogP contribution is 2.36. The third kappa shape index (κ3) is 5.31. The van der Waals surface area contributed by atoms with E-state index in [0.29, 0.717) is 54.5 Å². The third-order valence-electron chi connectivity index (χ3n) is 7.92. The van der Waals surface area contributed by atoms with Crippen LogP contribution in [-0.2, 0) is 15.7 Å². The summed E-state index contributed by atoms with van der Waals surface area (Å²) in [6.07, 6.45) is -0.532. The molecule has 3 aromatic heterocycles.